The van der Waals surface area contributed by atoms with Gasteiger partial charge in [0.05, 0.1) is 29.7 Å². The van der Waals surface area contributed by atoms with Gasteiger partial charge in [-0.3, -0.25) is 9.10 Å². The molecular formula is C21H24N2O6S2. The number of para-hydroxylation sites is 1. The number of carbonyl (C=O) groups is 1. The van der Waals surface area contributed by atoms with Crippen molar-refractivity contribution < 1.29 is 26.4 Å². The van der Waals surface area contributed by atoms with E-state index in [4.69, 9.17) is 4.74 Å². The van der Waals surface area contributed by atoms with Crippen molar-refractivity contribution in [3.63, 3.8) is 0 Å². The second kappa shape index (κ2) is 6.96. The van der Waals surface area contributed by atoms with E-state index in [-0.39, 0.29) is 28.1 Å². The summed E-state index contributed by atoms with van der Waals surface area (Å²) in [6, 6.07) is 10.9. The fourth-order valence-corrected chi connectivity index (χ4v) is 8.24. The highest BCUT2D eigenvalue weighted by atomic mass is 32.2. The van der Waals surface area contributed by atoms with Gasteiger partial charge in [-0.2, -0.15) is 0 Å². The molecule has 1 amide bonds. The fraction of sp³-hybridized carbons (Fsp3) is 0.381. The maximum absolute atomic E-state index is 13.7. The molecule has 2 heterocycles. The van der Waals surface area contributed by atoms with Crippen LogP contribution in [0.1, 0.15) is 26.3 Å². The van der Waals surface area contributed by atoms with Crippen LogP contribution in [0.4, 0.5) is 11.4 Å². The van der Waals surface area contributed by atoms with Crippen LogP contribution in [0.2, 0.25) is 0 Å². The van der Waals surface area contributed by atoms with Gasteiger partial charge in [0, 0.05) is 6.04 Å². The van der Waals surface area contributed by atoms with Gasteiger partial charge in [0.2, 0.25) is 15.9 Å². The highest BCUT2D eigenvalue weighted by Gasteiger charge is 2.50. The van der Waals surface area contributed by atoms with Crippen LogP contribution in [-0.4, -0.2) is 41.6 Å². The summed E-state index contributed by atoms with van der Waals surface area (Å²) in [6.45, 7) is 4.92. The molecule has 1 atom stereocenters. The third-order valence-electron chi connectivity index (χ3n) is 5.65. The van der Waals surface area contributed by atoms with Gasteiger partial charge in [0.15, 0.2) is 0 Å². The van der Waals surface area contributed by atoms with Crippen molar-refractivity contribution in [2.45, 2.75) is 38.1 Å². The van der Waals surface area contributed by atoms with Crippen LogP contribution in [0, 0.1) is 5.41 Å². The molecule has 0 bridgehead atoms. The van der Waals surface area contributed by atoms with Gasteiger partial charge in [-0.1, -0.05) is 18.2 Å². The number of ether oxygens (including phenoxy) is 1. The number of carbonyl (C=O) groups excluding carboxylic acids is 1. The van der Waals surface area contributed by atoms with Gasteiger partial charge in [0.1, 0.15) is 10.6 Å². The minimum absolute atomic E-state index is 0.0184. The number of sulfonamides is 2. The molecule has 0 radical (unpaired) electrons. The number of anilines is 2. The standard InChI is InChI=1S/C21H24N2O6S2/c1-14-11-15-7-5-6-8-17(15)22(14)31(27,28)19-12-16(9-10-18(19)29-4)23-20(24)21(2,3)13-30(23,25)26/h5-10,12,14H,11,13H2,1-4H3. The maximum atomic E-state index is 13.7. The van der Waals surface area contributed by atoms with E-state index >= 15 is 0 Å². The molecule has 0 spiro atoms. The molecule has 2 aliphatic rings. The van der Waals surface area contributed by atoms with Gasteiger partial charge in [0.25, 0.3) is 10.0 Å². The first-order valence-electron chi connectivity index (χ1n) is 9.78. The van der Waals surface area contributed by atoms with E-state index in [1.54, 1.807) is 26.0 Å². The molecule has 166 valence electrons. The zero-order valence-electron chi connectivity index (χ0n) is 17.7. The Bertz CT molecular complexity index is 1280. The second-order valence-electron chi connectivity index (χ2n) is 8.53. The molecule has 8 nitrogen and oxygen atoms in total. The second-order valence-corrected chi connectivity index (χ2v) is 12.1. The van der Waals surface area contributed by atoms with Crippen LogP contribution in [0.3, 0.4) is 0 Å². The number of nitrogens with zero attached hydrogens (tertiary/aromatic N) is 2. The largest absolute Gasteiger partial charge is 0.495 e. The number of fused-ring (bicyclic) bond motifs is 1. The van der Waals surface area contributed by atoms with E-state index in [0.717, 1.165) is 5.56 Å². The SMILES string of the molecule is COc1ccc(N2C(=O)C(C)(C)CS2(=O)=O)cc1S(=O)(=O)N1c2ccccc2CC1C. The molecule has 2 aliphatic heterocycles. The minimum Gasteiger partial charge on any atom is -0.495 e. The van der Waals surface area contributed by atoms with Crippen molar-refractivity contribution in [3.8, 4) is 5.75 Å². The van der Waals surface area contributed by atoms with Crippen molar-refractivity contribution in [2.24, 2.45) is 5.41 Å². The average Bonchev–Trinajstić information content (AvgIpc) is 3.10. The smallest absolute Gasteiger partial charge is 0.268 e. The summed E-state index contributed by atoms with van der Waals surface area (Å²) < 4.78 is 60.1. The molecule has 31 heavy (non-hydrogen) atoms. The lowest BCUT2D eigenvalue weighted by Crippen LogP contribution is -2.36. The first-order chi connectivity index (χ1) is 14.4. The molecule has 0 aromatic heterocycles. The van der Waals surface area contributed by atoms with E-state index in [9.17, 15) is 21.6 Å². The highest BCUT2D eigenvalue weighted by molar-refractivity contribution is 7.94. The van der Waals surface area contributed by atoms with Gasteiger partial charge in [-0.25, -0.2) is 21.1 Å². The first-order valence-corrected chi connectivity index (χ1v) is 12.8. The molecule has 4 rings (SSSR count). The van der Waals surface area contributed by atoms with Crippen LogP contribution in [0.25, 0.3) is 0 Å². The summed E-state index contributed by atoms with van der Waals surface area (Å²) in [5.74, 6) is -0.867. The Morgan fingerprint density at radius 2 is 1.81 bits per heavy atom. The van der Waals surface area contributed by atoms with Crippen LogP contribution < -0.4 is 13.3 Å². The van der Waals surface area contributed by atoms with E-state index in [2.05, 4.69) is 0 Å². The summed E-state index contributed by atoms with van der Waals surface area (Å²) in [5.41, 5.74) is 0.372. The molecule has 1 unspecified atom stereocenters. The Balaban J connectivity index is 1.87. The summed E-state index contributed by atoms with van der Waals surface area (Å²) in [5, 5.41) is 0. The molecule has 2 aromatic rings. The summed E-state index contributed by atoms with van der Waals surface area (Å²) in [7, 11) is -6.68. The number of methoxy groups -OCH3 is 1. The van der Waals surface area contributed by atoms with Gasteiger partial charge in [-0.05, 0) is 57.0 Å². The molecule has 0 aliphatic carbocycles. The summed E-state index contributed by atoms with van der Waals surface area (Å²) >= 11 is 0. The normalized spacial score (nSPS) is 21.9. The van der Waals surface area contributed by atoms with Crippen LogP contribution in [0.5, 0.6) is 5.75 Å². The van der Waals surface area contributed by atoms with Crippen LogP contribution in [-0.2, 0) is 31.3 Å². The zero-order chi connectivity index (χ0) is 22.8. The van der Waals surface area contributed by atoms with Gasteiger partial charge < -0.3 is 4.74 Å². The van der Waals surface area contributed by atoms with Crippen LogP contribution >= 0.6 is 0 Å². The number of amides is 1. The Labute approximate surface area is 182 Å². The molecular weight excluding hydrogens is 440 g/mol. The maximum Gasteiger partial charge on any atom is 0.268 e. The molecule has 1 fully saturated rings. The molecule has 0 saturated carbocycles. The quantitative estimate of drug-likeness (QED) is 0.689. The monoisotopic (exact) mass is 464 g/mol. The number of hydrogen-bond donors (Lipinski definition) is 0. The summed E-state index contributed by atoms with van der Waals surface area (Å²) in [4.78, 5) is 12.6. The average molecular weight is 465 g/mol. The van der Waals surface area contributed by atoms with E-state index in [0.29, 0.717) is 16.4 Å². The number of benzene rings is 2. The molecule has 0 N–H and O–H groups in total. The third-order valence-corrected chi connectivity index (χ3v) is 9.62. The summed E-state index contributed by atoms with van der Waals surface area (Å²) in [6.07, 6.45) is 0.560. The van der Waals surface area contributed by atoms with E-state index in [1.807, 2.05) is 19.1 Å². The van der Waals surface area contributed by atoms with Crippen molar-refractivity contribution in [3.05, 3.63) is 48.0 Å². The Kier molecular flexibility index (Phi) is 4.86. The topological polar surface area (TPSA) is 101 Å². The van der Waals surface area contributed by atoms with Gasteiger partial charge >= 0.3 is 0 Å². The van der Waals surface area contributed by atoms with Crippen molar-refractivity contribution in [1.82, 2.24) is 0 Å². The minimum atomic E-state index is -4.10. The van der Waals surface area contributed by atoms with E-state index < -0.39 is 31.4 Å². The lowest BCUT2D eigenvalue weighted by molar-refractivity contribution is -0.123. The van der Waals surface area contributed by atoms with Crippen molar-refractivity contribution in [2.75, 3.05) is 21.5 Å². The van der Waals surface area contributed by atoms with Crippen LogP contribution in [0.15, 0.2) is 47.4 Å². The number of rotatable bonds is 4. The van der Waals surface area contributed by atoms with Gasteiger partial charge in [-0.15, -0.1) is 0 Å². The molecule has 2 aromatic carbocycles. The lowest BCUT2D eigenvalue weighted by atomic mass is 9.95. The Morgan fingerprint density at radius 1 is 1.13 bits per heavy atom. The lowest BCUT2D eigenvalue weighted by Gasteiger charge is -2.26. The fourth-order valence-electron chi connectivity index (χ4n) is 4.26. The predicted molar refractivity (Wildman–Crippen MR) is 117 cm³/mol. The number of hydrogen-bond acceptors (Lipinski definition) is 6. The predicted octanol–water partition coefficient (Wildman–Crippen LogP) is 2.54. The molecule has 1 saturated heterocycles. The first kappa shape index (κ1) is 21.6. The van der Waals surface area contributed by atoms with E-state index in [1.165, 1.54) is 29.6 Å². The van der Waals surface area contributed by atoms with Crippen molar-refractivity contribution in [1.29, 1.82) is 0 Å². The Hall–Kier alpha value is -2.59. The zero-order valence-corrected chi connectivity index (χ0v) is 19.3. The Morgan fingerprint density at radius 3 is 2.42 bits per heavy atom. The highest BCUT2D eigenvalue weighted by Crippen LogP contribution is 2.42. The molecule has 10 heteroatoms. The van der Waals surface area contributed by atoms with Crippen molar-refractivity contribution >= 4 is 37.3 Å². The third kappa shape index (κ3) is 3.28.